The van der Waals surface area contributed by atoms with Crippen molar-refractivity contribution >= 4 is 23.6 Å². The van der Waals surface area contributed by atoms with E-state index in [9.17, 15) is 14.7 Å². The van der Waals surface area contributed by atoms with Crippen molar-refractivity contribution < 1.29 is 14.7 Å². The van der Waals surface area contributed by atoms with Gasteiger partial charge >= 0.3 is 0 Å². The summed E-state index contributed by atoms with van der Waals surface area (Å²) in [6.45, 7) is -0.102. The number of primary amides is 1. The standard InChI is InChI=1S/C14H20N2O3S/c15-13(18)10-20-7-6-14(19)16-12(9-17)8-11-4-2-1-3-5-11/h1-5,12,17H,6-10H2,(H2,15,18)(H,16,19)/t12-/m0/s1. The molecule has 0 fully saturated rings. The smallest absolute Gasteiger partial charge is 0.227 e. The van der Waals surface area contributed by atoms with Crippen LogP contribution < -0.4 is 11.1 Å². The molecule has 5 nitrogen and oxygen atoms in total. The second kappa shape index (κ2) is 9.39. The van der Waals surface area contributed by atoms with Gasteiger partial charge in [0, 0.05) is 12.2 Å². The Balaban J connectivity index is 2.29. The van der Waals surface area contributed by atoms with Crippen LogP contribution in [-0.4, -0.2) is 41.1 Å². The van der Waals surface area contributed by atoms with Crippen molar-refractivity contribution in [3.05, 3.63) is 35.9 Å². The van der Waals surface area contributed by atoms with E-state index in [1.165, 1.54) is 11.8 Å². The van der Waals surface area contributed by atoms with E-state index >= 15 is 0 Å². The first-order valence-electron chi connectivity index (χ1n) is 6.42. The zero-order valence-electron chi connectivity index (χ0n) is 11.2. The van der Waals surface area contributed by atoms with Crippen molar-refractivity contribution in [2.45, 2.75) is 18.9 Å². The SMILES string of the molecule is NC(=O)CSCCC(=O)N[C@H](CO)Cc1ccccc1. The molecule has 0 saturated carbocycles. The molecule has 20 heavy (non-hydrogen) atoms. The number of hydrogen-bond donors (Lipinski definition) is 3. The summed E-state index contributed by atoms with van der Waals surface area (Å²) in [7, 11) is 0. The zero-order chi connectivity index (χ0) is 14.8. The molecule has 0 unspecified atom stereocenters. The third-order valence-corrected chi connectivity index (χ3v) is 3.61. The van der Waals surface area contributed by atoms with Crippen LogP contribution >= 0.6 is 11.8 Å². The van der Waals surface area contributed by atoms with Gasteiger partial charge in [-0.15, -0.1) is 0 Å². The Kier molecular flexibility index (Phi) is 7.75. The van der Waals surface area contributed by atoms with Crippen LogP contribution in [0.15, 0.2) is 30.3 Å². The highest BCUT2D eigenvalue weighted by Gasteiger charge is 2.12. The number of hydrogen-bond acceptors (Lipinski definition) is 4. The second-order valence-electron chi connectivity index (χ2n) is 4.41. The van der Waals surface area contributed by atoms with Gasteiger partial charge in [0.05, 0.1) is 18.4 Å². The van der Waals surface area contributed by atoms with Crippen LogP contribution in [0.25, 0.3) is 0 Å². The highest BCUT2D eigenvalue weighted by molar-refractivity contribution is 7.99. The highest BCUT2D eigenvalue weighted by Crippen LogP contribution is 2.05. The Morgan fingerprint density at radius 2 is 2.00 bits per heavy atom. The van der Waals surface area contributed by atoms with Crippen molar-refractivity contribution in [3.8, 4) is 0 Å². The van der Waals surface area contributed by atoms with Crippen molar-refractivity contribution in [3.63, 3.8) is 0 Å². The topological polar surface area (TPSA) is 92.4 Å². The van der Waals surface area contributed by atoms with Crippen molar-refractivity contribution in [1.29, 1.82) is 0 Å². The van der Waals surface area contributed by atoms with Crippen molar-refractivity contribution in [1.82, 2.24) is 5.32 Å². The quantitative estimate of drug-likeness (QED) is 0.572. The van der Waals surface area contributed by atoms with Crippen LogP contribution in [0.3, 0.4) is 0 Å². The highest BCUT2D eigenvalue weighted by atomic mass is 32.2. The van der Waals surface area contributed by atoms with E-state index in [4.69, 9.17) is 5.73 Å². The Hall–Kier alpha value is -1.53. The van der Waals surface area contributed by atoms with Crippen LogP contribution in [0.2, 0.25) is 0 Å². The molecule has 110 valence electrons. The molecule has 0 saturated heterocycles. The predicted molar refractivity (Wildman–Crippen MR) is 80.3 cm³/mol. The minimum atomic E-state index is -0.382. The van der Waals surface area contributed by atoms with E-state index in [1.807, 2.05) is 30.3 Å². The van der Waals surface area contributed by atoms with E-state index in [-0.39, 0.29) is 30.2 Å². The molecule has 0 aliphatic rings. The summed E-state index contributed by atoms with van der Waals surface area (Å²) in [5.74, 6) is 0.253. The summed E-state index contributed by atoms with van der Waals surface area (Å²) in [4.78, 5) is 22.2. The summed E-state index contributed by atoms with van der Waals surface area (Å²) < 4.78 is 0. The summed E-state index contributed by atoms with van der Waals surface area (Å²) >= 11 is 1.33. The largest absolute Gasteiger partial charge is 0.394 e. The molecular formula is C14H20N2O3S. The molecular weight excluding hydrogens is 276 g/mol. The molecule has 1 aromatic rings. The number of amides is 2. The first-order valence-corrected chi connectivity index (χ1v) is 7.57. The molecule has 4 N–H and O–H groups in total. The molecule has 0 aliphatic carbocycles. The lowest BCUT2D eigenvalue weighted by Crippen LogP contribution is -2.39. The van der Waals surface area contributed by atoms with Crippen LogP contribution in [0.1, 0.15) is 12.0 Å². The van der Waals surface area contributed by atoms with Crippen LogP contribution in [0.4, 0.5) is 0 Å². The maximum Gasteiger partial charge on any atom is 0.227 e. The fourth-order valence-electron chi connectivity index (χ4n) is 1.70. The lowest BCUT2D eigenvalue weighted by Gasteiger charge is -2.16. The number of nitrogens with one attached hydrogen (secondary N) is 1. The first kappa shape index (κ1) is 16.5. The Labute approximate surface area is 122 Å². The minimum Gasteiger partial charge on any atom is -0.394 e. The maximum atomic E-state index is 11.7. The van der Waals surface area contributed by atoms with E-state index in [2.05, 4.69) is 5.32 Å². The van der Waals surface area contributed by atoms with Gasteiger partial charge in [-0.05, 0) is 12.0 Å². The molecule has 0 bridgehead atoms. The fraction of sp³-hybridized carbons (Fsp3) is 0.429. The number of aliphatic hydroxyl groups excluding tert-OH is 1. The Bertz CT molecular complexity index is 426. The minimum absolute atomic E-state index is 0.102. The molecule has 1 rings (SSSR count). The van der Waals surface area contributed by atoms with Gasteiger partial charge in [-0.1, -0.05) is 30.3 Å². The van der Waals surface area contributed by atoms with Gasteiger partial charge in [0.15, 0.2) is 0 Å². The predicted octanol–water partition coefficient (Wildman–Crippen LogP) is 0.315. The number of benzene rings is 1. The van der Waals surface area contributed by atoms with Crippen molar-refractivity contribution in [2.75, 3.05) is 18.1 Å². The third kappa shape index (κ3) is 7.16. The molecule has 2 amide bonds. The number of nitrogens with two attached hydrogens (primary N) is 1. The van der Waals surface area contributed by atoms with Gasteiger partial charge in [-0.2, -0.15) is 11.8 Å². The third-order valence-electron chi connectivity index (χ3n) is 2.63. The van der Waals surface area contributed by atoms with Gasteiger partial charge in [-0.25, -0.2) is 0 Å². The monoisotopic (exact) mass is 296 g/mol. The first-order chi connectivity index (χ1) is 9.61. The van der Waals surface area contributed by atoms with Crippen LogP contribution in [-0.2, 0) is 16.0 Å². The van der Waals surface area contributed by atoms with E-state index in [0.29, 0.717) is 18.6 Å². The molecule has 0 spiro atoms. The number of rotatable bonds is 9. The van der Waals surface area contributed by atoms with E-state index < -0.39 is 0 Å². The lowest BCUT2D eigenvalue weighted by atomic mass is 10.1. The second-order valence-corrected chi connectivity index (χ2v) is 5.51. The lowest BCUT2D eigenvalue weighted by molar-refractivity contribution is -0.121. The number of thioether (sulfide) groups is 1. The van der Waals surface area contributed by atoms with Gasteiger partial charge in [0.1, 0.15) is 0 Å². The maximum absolute atomic E-state index is 11.7. The summed E-state index contributed by atoms with van der Waals surface area (Å²) in [5, 5.41) is 12.1. The van der Waals surface area contributed by atoms with Gasteiger partial charge < -0.3 is 16.2 Å². The Morgan fingerprint density at radius 3 is 2.60 bits per heavy atom. The fourth-order valence-corrected chi connectivity index (χ4v) is 2.37. The van der Waals surface area contributed by atoms with Crippen LogP contribution in [0, 0.1) is 0 Å². The van der Waals surface area contributed by atoms with E-state index in [1.54, 1.807) is 0 Å². The van der Waals surface area contributed by atoms with Gasteiger partial charge in [0.2, 0.25) is 11.8 Å². The van der Waals surface area contributed by atoms with Crippen LogP contribution in [0.5, 0.6) is 0 Å². The number of carbonyl (C=O) groups excluding carboxylic acids is 2. The molecule has 0 aliphatic heterocycles. The average Bonchev–Trinajstić information content (AvgIpc) is 2.44. The molecule has 0 aromatic heterocycles. The number of aliphatic hydroxyl groups is 1. The summed E-state index contributed by atoms with van der Waals surface area (Å²) in [6.07, 6.45) is 0.904. The summed E-state index contributed by atoms with van der Waals surface area (Å²) in [6, 6.07) is 9.39. The number of carbonyl (C=O) groups is 2. The molecule has 1 atom stereocenters. The van der Waals surface area contributed by atoms with Gasteiger partial charge in [0.25, 0.3) is 0 Å². The average molecular weight is 296 g/mol. The normalized spacial score (nSPS) is 11.8. The molecule has 0 heterocycles. The zero-order valence-corrected chi connectivity index (χ0v) is 12.1. The Morgan fingerprint density at radius 1 is 1.30 bits per heavy atom. The molecule has 6 heteroatoms. The van der Waals surface area contributed by atoms with Gasteiger partial charge in [-0.3, -0.25) is 9.59 Å². The molecule has 0 radical (unpaired) electrons. The van der Waals surface area contributed by atoms with Crippen molar-refractivity contribution in [2.24, 2.45) is 5.73 Å². The van der Waals surface area contributed by atoms with E-state index in [0.717, 1.165) is 5.56 Å². The molecule has 1 aromatic carbocycles. The summed E-state index contributed by atoms with van der Waals surface area (Å²) in [5.41, 5.74) is 6.07.